The highest BCUT2D eigenvalue weighted by molar-refractivity contribution is 6.00. The molecule has 0 saturated carbocycles. The number of hydrogen-bond donors (Lipinski definition) is 2. The first-order chi connectivity index (χ1) is 13.8. The van der Waals surface area contributed by atoms with E-state index in [-0.39, 0.29) is 16.9 Å². The minimum absolute atomic E-state index is 0.0966. The number of esters is 1. The summed E-state index contributed by atoms with van der Waals surface area (Å²) >= 11 is 0. The fourth-order valence-electron chi connectivity index (χ4n) is 2.34. The smallest absolute Gasteiger partial charge is 0.341 e. The lowest BCUT2D eigenvalue weighted by atomic mass is 10.1. The molecule has 29 heavy (non-hydrogen) atoms. The maximum atomic E-state index is 13.2. The number of halogens is 1. The molecule has 0 aliphatic carbocycles. The normalized spacial score (nSPS) is 11.4. The number of methoxy groups -OCH3 is 1. The summed E-state index contributed by atoms with van der Waals surface area (Å²) in [5.41, 5.74) is 0.109. The van der Waals surface area contributed by atoms with Gasteiger partial charge in [-0.3, -0.25) is 14.9 Å². The molecular weight excluding hydrogens is 385 g/mol. The SMILES string of the molecule is COCCNc1ccc([N+](=O)[O-])cc1C(=O)O[C@@H](C)C(=O)Nc1cccc(F)c1. The molecule has 0 bridgehead atoms. The van der Waals surface area contributed by atoms with E-state index in [1.165, 1.54) is 44.4 Å². The van der Waals surface area contributed by atoms with Gasteiger partial charge in [-0.1, -0.05) is 6.07 Å². The number of hydrogen-bond acceptors (Lipinski definition) is 7. The number of nitro groups is 1. The second-order valence-electron chi connectivity index (χ2n) is 5.95. The van der Waals surface area contributed by atoms with Crippen LogP contribution in [0.25, 0.3) is 0 Å². The van der Waals surface area contributed by atoms with Crippen LogP contribution in [0.1, 0.15) is 17.3 Å². The zero-order valence-corrected chi connectivity index (χ0v) is 15.8. The predicted octanol–water partition coefficient (Wildman–Crippen LogP) is 2.98. The monoisotopic (exact) mass is 405 g/mol. The molecule has 0 heterocycles. The Labute approximate surface area is 166 Å². The number of benzene rings is 2. The van der Waals surface area contributed by atoms with E-state index in [1.807, 2.05) is 0 Å². The molecule has 9 nitrogen and oxygen atoms in total. The maximum Gasteiger partial charge on any atom is 0.341 e. The summed E-state index contributed by atoms with van der Waals surface area (Å²) in [6.07, 6.45) is -1.23. The summed E-state index contributed by atoms with van der Waals surface area (Å²) in [5.74, 6) is -2.13. The van der Waals surface area contributed by atoms with E-state index in [1.54, 1.807) is 0 Å². The molecule has 0 aliphatic rings. The van der Waals surface area contributed by atoms with Crippen molar-refractivity contribution >= 4 is 28.9 Å². The number of amides is 1. The first-order valence-electron chi connectivity index (χ1n) is 8.60. The van der Waals surface area contributed by atoms with Crippen LogP contribution in [0.3, 0.4) is 0 Å². The number of anilines is 2. The molecule has 1 amide bonds. The van der Waals surface area contributed by atoms with Crippen molar-refractivity contribution in [2.24, 2.45) is 0 Å². The van der Waals surface area contributed by atoms with E-state index in [0.29, 0.717) is 18.8 Å². The summed E-state index contributed by atoms with van der Waals surface area (Å²) in [7, 11) is 1.51. The third-order valence-electron chi connectivity index (χ3n) is 3.80. The number of nitrogens with one attached hydrogen (secondary N) is 2. The summed E-state index contributed by atoms with van der Waals surface area (Å²) in [6.45, 7) is 2.03. The van der Waals surface area contributed by atoms with Crippen LogP contribution in [0.15, 0.2) is 42.5 Å². The molecule has 0 radical (unpaired) electrons. The quantitative estimate of drug-likeness (QED) is 0.285. The maximum absolute atomic E-state index is 13.2. The van der Waals surface area contributed by atoms with Crippen LogP contribution in [-0.2, 0) is 14.3 Å². The summed E-state index contributed by atoms with van der Waals surface area (Å²) in [4.78, 5) is 35.1. The Morgan fingerprint density at radius 2 is 2.00 bits per heavy atom. The van der Waals surface area contributed by atoms with Crippen molar-refractivity contribution in [2.45, 2.75) is 13.0 Å². The van der Waals surface area contributed by atoms with E-state index in [4.69, 9.17) is 9.47 Å². The van der Waals surface area contributed by atoms with Crippen LogP contribution >= 0.6 is 0 Å². The average molecular weight is 405 g/mol. The largest absolute Gasteiger partial charge is 0.449 e. The molecule has 2 N–H and O–H groups in total. The van der Waals surface area contributed by atoms with Crippen LogP contribution in [0.5, 0.6) is 0 Å². The Morgan fingerprint density at radius 1 is 1.24 bits per heavy atom. The van der Waals surface area contributed by atoms with E-state index in [9.17, 15) is 24.1 Å². The van der Waals surface area contributed by atoms with Crippen molar-refractivity contribution in [3.05, 3.63) is 64.0 Å². The Morgan fingerprint density at radius 3 is 2.66 bits per heavy atom. The highest BCUT2D eigenvalue weighted by atomic mass is 19.1. The number of ether oxygens (including phenoxy) is 2. The molecule has 0 fully saturated rings. The number of non-ortho nitro benzene ring substituents is 1. The van der Waals surface area contributed by atoms with E-state index < -0.39 is 28.7 Å². The Hall–Kier alpha value is -3.53. The first-order valence-corrected chi connectivity index (χ1v) is 8.60. The number of nitrogens with zero attached hydrogens (tertiary/aromatic N) is 1. The lowest BCUT2D eigenvalue weighted by molar-refractivity contribution is -0.384. The standard InChI is InChI=1S/C19H20FN3O6/c1-12(18(24)22-14-5-3-4-13(20)10-14)29-19(25)16-11-15(23(26)27)6-7-17(16)21-8-9-28-2/h3-7,10-12,21H,8-9H2,1-2H3,(H,22,24)/t12-/m0/s1. The second kappa shape index (κ2) is 10.1. The number of carbonyl (C=O) groups excluding carboxylic acids is 2. The fourth-order valence-corrected chi connectivity index (χ4v) is 2.34. The molecule has 2 rings (SSSR count). The Balaban J connectivity index is 2.13. The lowest BCUT2D eigenvalue weighted by Crippen LogP contribution is -2.30. The van der Waals surface area contributed by atoms with Crippen molar-refractivity contribution in [2.75, 3.05) is 30.9 Å². The lowest BCUT2D eigenvalue weighted by Gasteiger charge is -2.16. The topological polar surface area (TPSA) is 120 Å². The van der Waals surface area contributed by atoms with Gasteiger partial charge in [0.25, 0.3) is 11.6 Å². The van der Waals surface area contributed by atoms with Crippen LogP contribution in [-0.4, -0.2) is 43.2 Å². The van der Waals surface area contributed by atoms with Gasteiger partial charge in [0, 0.05) is 37.2 Å². The molecule has 0 unspecified atom stereocenters. The molecule has 2 aromatic carbocycles. The van der Waals surface area contributed by atoms with Gasteiger partial charge in [0.2, 0.25) is 0 Å². The van der Waals surface area contributed by atoms with Gasteiger partial charge in [0.05, 0.1) is 17.1 Å². The van der Waals surface area contributed by atoms with Crippen LogP contribution in [0.2, 0.25) is 0 Å². The van der Waals surface area contributed by atoms with Gasteiger partial charge in [0.1, 0.15) is 5.82 Å². The minimum atomic E-state index is -1.23. The second-order valence-corrected chi connectivity index (χ2v) is 5.95. The number of carbonyl (C=O) groups is 2. The average Bonchev–Trinajstić information content (AvgIpc) is 2.68. The highest BCUT2D eigenvalue weighted by Crippen LogP contribution is 2.23. The van der Waals surface area contributed by atoms with Crippen LogP contribution in [0, 0.1) is 15.9 Å². The molecule has 2 aromatic rings. The summed E-state index contributed by atoms with van der Waals surface area (Å²) in [6, 6.07) is 8.92. The van der Waals surface area contributed by atoms with Gasteiger partial charge >= 0.3 is 5.97 Å². The zero-order chi connectivity index (χ0) is 21.4. The van der Waals surface area contributed by atoms with E-state index in [0.717, 1.165) is 12.1 Å². The van der Waals surface area contributed by atoms with Crippen LogP contribution < -0.4 is 10.6 Å². The zero-order valence-electron chi connectivity index (χ0n) is 15.8. The van der Waals surface area contributed by atoms with Gasteiger partial charge < -0.3 is 20.1 Å². The van der Waals surface area contributed by atoms with Crippen molar-refractivity contribution < 1.29 is 28.4 Å². The number of nitro benzene ring substituents is 1. The minimum Gasteiger partial charge on any atom is -0.449 e. The molecule has 0 saturated heterocycles. The summed E-state index contributed by atoms with van der Waals surface area (Å²) in [5, 5.41) is 16.4. The first kappa shape index (κ1) is 21.8. The molecule has 0 spiro atoms. The van der Waals surface area contributed by atoms with E-state index >= 15 is 0 Å². The van der Waals surface area contributed by atoms with Crippen molar-refractivity contribution in [3.63, 3.8) is 0 Å². The summed E-state index contributed by atoms with van der Waals surface area (Å²) < 4.78 is 23.3. The third-order valence-corrected chi connectivity index (χ3v) is 3.80. The van der Waals surface area contributed by atoms with Crippen molar-refractivity contribution in [1.82, 2.24) is 0 Å². The van der Waals surface area contributed by atoms with E-state index in [2.05, 4.69) is 10.6 Å². The molecular formula is C19H20FN3O6. The Bertz CT molecular complexity index is 905. The highest BCUT2D eigenvalue weighted by Gasteiger charge is 2.23. The van der Waals surface area contributed by atoms with Gasteiger partial charge in [-0.15, -0.1) is 0 Å². The van der Waals surface area contributed by atoms with Gasteiger partial charge in [-0.05, 0) is 31.2 Å². The predicted molar refractivity (Wildman–Crippen MR) is 103 cm³/mol. The molecule has 154 valence electrons. The van der Waals surface area contributed by atoms with Crippen LogP contribution in [0.4, 0.5) is 21.5 Å². The molecule has 0 aliphatic heterocycles. The van der Waals surface area contributed by atoms with Crippen molar-refractivity contribution in [3.8, 4) is 0 Å². The van der Waals surface area contributed by atoms with Gasteiger partial charge in [-0.2, -0.15) is 0 Å². The Kier molecular flexibility index (Phi) is 7.61. The fraction of sp³-hybridized carbons (Fsp3) is 0.263. The van der Waals surface area contributed by atoms with Gasteiger partial charge in [-0.25, -0.2) is 9.18 Å². The molecule has 1 atom stereocenters. The molecule has 0 aromatic heterocycles. The van der Waals surface area contributed by atoms with Gasteiger partial charge in [0.15, 0.2) is 6.10 Å². The number of rotatable bonds is 9. The molecule has 10 heteroatoms. The third kappa shape index (κ3) is 6.25. The van der Waals surface area contributed by atoms with Crippen molar-refractivity contribution in [1.29, 1.82) is 0 Å².